The van der Waals surface area contributed by atoms with Crippen LogP contribution in [-0.2, 0) is 23.1 Å². The van der Waals surface area contributed by atoms with Gasteiger partial charge in [0.1, 0.15) is 35.7 Å². The summed E-state index contributed by atoms with van der Waals surface area (Å²) in [6, 6.07) is 3.10. The number of benzene rings is 1. The molecule has 1 aliphatic rings. The summed E-state index contributed by atoms with van der Waals surface area (Å²) in [7, 11) is 1.74. The van der Waals surface area contributed by atoms with Crippen LogP contribution in [0, 0.1) is 30.9 Å². The van der Waals surface area contributed by atoms with Gasteiger partial charge in [-0.2, -0.15) is 5.10 Å². The normalized spacial score (nSPS) is 16.8. The average Bonchev–Trinajstić information content (AvgIpc) is 2.97. The predicted octanol–water partition coefficient (Wildman–Crippen LogP) is 2.73. The Kier molecular flexibility index (Phi) is 6.24. The second-order valence-corrected chi connectivity index (χ2v) is 6.47. The van der Waals surface area contributed by atoms with Crippen molar-refractivity contribution in [1.82, 2.24) is 14.7 Å². The van der Waals surface area contributed by atoms with Crippen LogP contribution >= 0.6 is 0 Å². The summed E-state index contributed by atoms with van der Waals surface area (Å²) >= 11 is 0. The van der Waals surface area contributed by atoms with Gasteiger partial charge in [0.05, 0.1) is 18.8 Å². The Hall–Kier alpha value is -3.25. The van der Waals surface area contributed by atoms with Crippen molar-refractivity contribution < 1.29 is 23.0 Å². The van der Waals surface area contributed by atoms with Gasteiger partial charge in [-0.25, -0.2) is 13.6 Å². The number of carbonyl (C=O) groups is 1. The Morgan fingerprint density at radius 1 is 1.52 bits per heavy atom. The fraction of sp³-hybridized carbons (Fsp3) is 0.350. The zero-order chi connectivity index (χ0) is 21.0. The number of terminal acetylenes is 1. The molecule has 3 rings (SSSR count). The molecule has 2 heterocycles. The van der Waals surface area contributed by atoms with Gasteiger partial charge in [0.25, 0.3) is 0 Å². The number of carbonyl (C=O) groups excluding carboxylic acids is 1. The minimum absolute atomic E-state index is 0.0972. The molecule has 1 fully saturated rings. The van der Waals surface area contributed by atoms with Gasteiger partial charge >= 0.3 is 6.09 Å². The number of nitrogens with zero attached hydrogens (tertiary/aromatic N) is 4. The van der Waals surface area contributed by atoms with E-state index in [4.69, 9.17) is 15.9 Å². The third-order valence-corrected chi connectivity index (χ3v) is 4.42. The highest BCUT2D eigenvalue weighted by Gasteiger charge is 2.25. The molecule has 152 valence electrons. The summed E-state index contributed by atoms with van der Waals surface area (Å²) in [6.45, 7) is 2.36. The van der Waals surface area contributed by atoms with E-state index < -0.39 is 23.8 Å². The lowest BCUT2D eigenvalue weighted by Crippen LogP contribution is -2.46. The van der Waals surface area contributed by atoms with Gasteiger partial charge in [0.15, 0.2) is 0 Å². The number of ether oxygens (including phenoxy) is 2. The summed E-state index contributed by atoms with van der Waals surface area (Å²) in [6.07, 6.45) is 6.01. The van der Waals surface area contributed by atoms with Gasteiger partial charge in [-0.05, 0) is 25.0 Å². The van der Waals surface area contributed by atoms with E-state index in [0.717, 1.165) is 12.1 Å². The molecule has 0 radical (unpaired) electrons. The van der Waals surface area contributed by atoms with Gasteiger partial charge in [0, 0.05) is 31.4 Å². The summed E-state index contributed by atoms with van der Waals surface area (Å²) < 4.78 is 38.9. The third-order valence-electron chi connectivity index (χ3n) is 4.42. The third kappa shape index (κ3) is 4.78. The van der Waals surface area contributed by atoms with E-state index in [9.17, 15) is 13.6 Å². The maximum atomic E-state index is 13.7. The molecule has 0 saturated carbocycles. The summed E-state index contributed by atoms with van der Waals surface area (Å²) in [5.74, 6) is 1.09. The summed E-state index contributed by atoms with van der Waals surface area (Å²) in [4.78, 5) is 18.1. The van der Waals surface area contributed by atoms with Crippen molar-refractivity contribution in [2.24, 2.45) is 12.0 Å². The van der Waals surface area contributed by atoms with Gasteiger partial charge in [-0.15, -0.1) is 6.42 Å². The number of aliphatic imine (C=N–C) groups is 1. The standard InChI is InChI=1S/C20H20F2N4O3/c1-4-18-19(13(2)24-25(18)3)23-10-16-11-26(7-8-28-16)20(27)29-12-14-5-6-15(21)9-17(14)22/h1,5-6,9-10,16H,7-8,11-12H2,2-3H3/t16-/m1/s1. The van der Waals surface area contributed by atoms with Crippen LogP contribution in [-0.4, -0.2) is 52.8 Å². The first-order chi connectivity index (χ1) is 13.9. The smallest absolute Gasteiger partial charge is 0.410 e. The number of halogens is 2. The predicted molar refractivity (Wildman–Crippen MR) is 102 cm³/mol. The largest absolute Gasteiger partial charge is 0.444 e. The highest BCUT2D eigenvalue weighted by atomic mass is 19.1. The Balaban J connectivity index is 1.60. The molecule has 29 heavy (non-hydrogen) atoms. The number of rotatable bonds is 4. The molecule has 0 N–H and O–H groups in total. The molecule has 1 atom stereocenters. The van der Waals surface area contributed by atoms with Crippen molar-refractivity contribution in [3.8, 4) is 12.3 Å². The van der Waals surface area contributed by atoms with Gasteiger partial charge in [0.2, 0.25) is 0 Å². The molecule has 0 bridgehead atoms. The van der Waals surface area contributed by atoms with Crippen LogP contribution in [0.4, 0.5) is 19.3 Å². The number of amides is 1. The topological polar surface area (TPSA) is 69.0 Å². The fourth-order valence-electron chi connectivity index (χ4n) is 2.92. The van der Waals surface area contributed by atoms with E-state index >= 15 is 0 Å². The number of aryl methyl sites for hydroxylation is 2. The second-order valence-electron chi connectivity index (χ2n) is 6.47. The zero-order valence-corrected chi connectivity index (χ0v) is 16.1. The van der Waals surface area contributed by atoms with Crippen molar-refractivity contribution in [2.75, 3.05) is 19.7 Å². The monoisotopic (exact) mass is 402 g/mol. The van der Waals surface area contributed by atoms with Crippen LogP contribution in [0.3, 0.4) is 0 Å². The molecule has 9 heteroatoms. The molecule has 0 aliphatic carbocycles. The van der Waals surface area contributed by atoms with E-state index in [-0.39, 0.29) is 18.7 Å². The van der Waals surface area contributed by atoms with Crippen molar-refractivity contribution in [3.05, 3.63) is 46.8 Å². The number of hydrogen-bond acceptors (Lipinski definition) is 5. The second kappa shape index (κ2) is 8.84. The lowest BCUT2D eigenvalue weighted by atomic mass is 10.2. The lowest BCUT2D eigenvalue weighted by Gasteiger charge is -2.30. The van der Waals surface area contributed by atoms with Crippen LogP contribution in [0.5, 0.6) is 0 Å². The first kappa shape index (κ1) is 20.5. The molecular weight excluding hydrogens is 382 g/mol. The average molecular weight is 402 g/mol. The van der Waals surface area contributed by atoms with E-state index in [1.54, 1.807) is 24.9 Å². The fourth-order valence-corrected chi connectivity index (χ4v) is 2.92. The Morgan fingerprint density at radius 3 is 3.03 bits per heavy atom. The Morgan fingerprint density at radius 2 is 2.31 bits per heavy atom. The van der Waals surface area contributed by atoms with Crippen molar-refractivity contribution >= 4 is 18.0 Å². The SMILES string of the molecule is C#Cc1c(N=C[C@@H]2CN(C(=O)OCc3ccc(F)cc3F)CCO2)c(C)nn1C. The first-order valence-corrected chi connectivity index (χ1v) is 8.90. The summed E-state index contributed by atoms with van der Waals surface area (Å²) in [5, 5.41) is 4.24. The van der Waals surface area contributed by atoms with Crippen LogP contribution < -0.4 is 0 Å². The number of hydrogen-bond donors (Lipinski definition) is 0. The van der Waals surface area contributed by atoms with Crippen LogP contribution in [0.2, 0.25) is 0 Å². The van der Waals surface area contributed by atoms with E-state index in [1.807, 2.05) is 0 Å². The van der Waals surface area contributed by atoms with Crippen molar-refractivity contribution in [1.29, 1.82) is 0 Å². The molecule has 2 aromatic rings. The van der Waals surface area contributed by atoms with E-state index in [2.05, 4.69) is 16.0 Å². The van der Waals surface area contributed by atoms with Crippen LogP contribution in [0.15, 0.2) is 23.2 Å². The summed E-state index contributed by atoms with van der Waals surface area (Å²) in [5.41, 5.74) is 1.90. The molecule has 7 nitrogen and oxygen atoms in total. The molecule has 1 amide bonds. The van der Waals surface area contributed by atoms with Crippen LogP contribution in [0.25, 0.3) is 0 Å². The van der Waals surface area contributed by atoms with Gasteiger partial charge < -0.3 is 14.4 Å². The minimum atomic E-state index is -0.763. The van der Waals surface area contributed by atoms with Crippen molar-refractivity contribution in [2.45, 2.75) is 19.6 Å². The van der Waals surface area contributed by atoms with Gasteiger partial charge in [-0.1, -0.05) is 0 Å². The lowest BCUT2D eigenvalue weighted by molar-refractivity contribution is 0.00312. The highest BCUT2D eigenvalue weighted by molar-refractivity contribution is 5.73. The Labute approximate surface area is 166 Å². The van der Waals surface area contributed by atoms with Gasteiger partial charge in [-0.3, -0.25) is 9.67 Å². The zero-order valence-electron chi connectivity index (χ0n) is 16.1. The maximum absolute atomic E-state index is 13.7. The first-order valence-electron chi connectivity index (χ1n) is 8.90. The number of morpholine rings is 1. The highest BCUT2D eigenvalue weighted by Crippen LogP contribution is 2.22. The number of aromatic nitrogens is 2. The van der Waals surface area contributed by atoms with Crippen molar-refractivity contribution in [3.63, 3.8) is 0 Å². The molecular formula is C20H20F2N4O3. The quantitative estimate of drug-likeness (QED) is 0.583. The minimum Gasteiger partial charge on any atom is -0.444 e. The molecule has 1 aliphatic heterocycles. The maximum Gasteiger partial charge on any atom is 0.410 e. The van der Waals surface area contributed by atoms with E-state index in [0.29, 0.717) is 30.2 Å². The molecule has 1 aromatic heterocycles. The van der Waals surface area contributed by atoms with Crippen LogP contribution in [0.1, 0.15) is 17.0 Å². The molecule has 1 aromatic carbocycles. The van der Waals surface area contributed by atoms with E-state index in [1.165, 1.54) is 11.0 Å². The molecule has 0 spiro atoms. The molecule has 0 unspecified atom stereocenters. The Bertz CT molecular complexity index is 981. The molecule has 1 saturated heterocycles.